The first-order valence-corrected chi connectivity index (χ1v) is 8.14. The highest BCUT2D eigenvalue weighted by molar-refractivity contribution is 5.21. The lowest BCUT2D eigenvalue weighted by Gasteiger charge is -2.37. The molecule has 0 radical (unpaired) electrons. The molecular formula is C16H22F3N5. The zero-order valence-electron chi connectivity index (χ0n) is 13.8. The Morgan fingerprint density at radius 1 is 1.12 bits per heavy atom. The minimum Gasteiger partial charge on any atom is -0.301 e. The Hall–Kier alpha value is -1.83. The molecule has 0 bridgehead atoms. The first-order chi connectivity index (χ1) is 11.3. The van der Waals surface area contributed by atoms with E-state index in [1.807, 2.05) is 21.5 Å². The van der Waals surface area contributed by atoms with Crippen molar-refractivity contribution in [1.82, 2.24) is 24.6 Å². The zero-order valence-corrected chi connectivity index (χ0v) is 13.8. The van der Waals surface area contributed by atoms with Crippen LogP contribution < -0.4 is 5.32 Å². The molecule has 0 unspecified atom stereocenters. The lowest BCUT2D eigenvalue weighted by molar-refractivity contribution is -0.188. The predicted octanol–water partition coefficient (Wildman–Crippen LogP) is 3.48. The fourth-order valence-electron chi connectivity index (χ4n) is 3.24. The van der Waals surface area contributed by atoms with E-state index in [1.165, 1.54) is 13.8 Å². The van der Waals surface area contributed by atoms with Crippen molar-refractivity contribution in [3.05, 3.63) is 31.0 Å². The van der Waals surface area contributed by atoms with E-state index >= 15 is 0 Å². The highest BCUT2D eigenvalue weighted by atomic mass is 19.4. The molecule has 0 amide bonds. The van der Waals surface area contributed by atoms with Gasteiger partial charge in [0.1, 0.15) is 17.7 Å². The summed E-state index contributed by atoms with van der Waals surface area (Å²) in [6.45, 7) is 2.40. The Balaban J connectivity index is 1.63. The van der Waals surface area contributed by atoms with Crippen LogP contribution in [0.4, 0.5) is 13.2 Å². The Morgan fingerprint density at radius 3 is 2.42 bits per heavy atom. The summed E-state index contributed by atoms with van der Waals surface area (Å²) in [4.78, 5) is 4.05. The van der Waals surface area contributed by atoms with Crippen LogP contribution in [0.2, 0.25) is 0 Å². The van der Waals surface area contributed by atoms with Crippen LogP contribution in [0.5, 0.6) is 0 Å². The average Bonchev–Trinajstić information content (AvgIpc) is 3.17. The van der Waals surface area contributed by atoms with Gasteiger partial charge in [-0.2, -0.15) is 18.3 Å². The quantitative estimate of drug-likeness (QED) is 0.926. The summed E-state index contributed by atoms with van der Waals surface area (Å²) in [7, 11) is 0. The highest BCUT2D eigenvalue weighted by Gasteiger charge is 2.48. The average molecular weight is 341 g/mol. The van der Waals surface area contributed by atoms with Gasteiger partial charge >= 0.3 is 6.18 Å². The Kier molecular flexibility index (Phi) is 4.42. The molecule has 8 heteroatoms. The molecule has 0 atom stereocenters. The molecule has 1 saturated carbocycles. The van der Waals surface area contributed by atoms with Crippen LogP contribution in [0, 0.1) is 0 Å². The van der Waals surface area contributed by atoms with Crippen molar-refractivity contribution in [1.29, 1.82) is 0 Å². The maximum Gasteiger partial charge on any atom is 0.406 e. The number of rotatable bonds is 4. The van der Waals surface area contributed by atoms with E-state index in [0.29, 0.717) is 12.8 Å². The van der Waals surface area contributed by atoms with Gasteiger partial charge in [0, 0.05) is 24.5 Å². The number of aromatic nitrogens is 4. The molecule has 0 saturated heterocycles. The zero-order chi connectivity index (χ0) is 17.4. The monoisotopic (exact) mass is 341 g/mol. The summed E-state index contributed by atoms with van der Waals surface area (Å²) < 4.78 is 42.9. The van der Waals surface area contributed by atoms with E-state index in [4.69, 9.17) is 0 Å². The van der Waals surface area contributed by atoms with Crippen LogP contribution in [-0.2, 0) is 0 Å². The smallest absolute Gasteiger partial charge is 0.301 e. The standard InChI is InChI=1S/C16H22F3N5/c1-15(2,16(17,18)19)22-12-3-5-13(6-4-12)24-14(7-8-21-24)23-10-9-20-11-23/h7-13,22H,3-6H2,1-2H3. The molecular weight excluding hydrogens is 319 g/mol. The number of halogens is 3. The number of imidazole rings is 1. The fraction of sp³-hybridized carbons (Fsp3) is 0.625. The molecule has 2 aromatic rings. The molecule has 24 heavy (non-hydrogen) atoms. The first kappa shape index (κ1) is 17.0. The second kappa shape index (κ2) is 6.23. The molecule has 2 aromatic heterocycles. The molecule has 0 aliphatic heterocycles. The van der Waals surface area contributed by atoms with Crippen molar-refractivity contribution < 1.29 is 13.2 Å². The van der Waals surface area contributed by atoms with E-state index < -0.39 is 11.7 Å². The third kappa shape index (κ3) is 3.33. The third-order valence-corrected chi connectivity index (χ3v) is 4.73. The molecule has 1 aliphatic rings. The summed E-state index contributed by atoms with van der Waals surface area (Å²) in [5, 5.41) is 7.18. The van der Waals surface area contributed by atoms with Crippen LogP contribution in [0.25, 0.3) is 5.82 Å². The van der Waals surface area contributed by atoms with E-state index in [0.717, 1.165) is 18.7 Å². The number of nitrogens with one attached hydrogen (secondary N) is 1. The summed E-state index contributed by atoms with van der Waals surface area (Å²) in [6, 6.07) is 1.99. The Morgan fingerprint density at radius 2 is 1.83 bits per heavy atom. The van der Waals surface area contributed by atoms with Crippen molar-refractivity contribution in [2.45, 2.75) is 63.3 Å². The summed E-state index contributed by atoms with van der Waals surface area (Å²) >= 11 is 0. The summed E-state index contributed by atoms with van der Waals surface area (Å²) in [6.07, 6.45) is 5.77. The minimum absolute atomic E-state index is 0.120. The second-order valence-electron chi connectivity index (χ2n) is 6.88. The lowest BCUT2D eigenvalue weighted by atomic mass is 9.89. The first-order valence-electron chi connectivity index (χ1n) is 8.14. The van der Waals surface area contributed by atoms with Gasteiger partial charge in [-0.25, -0.2) is 9.67 Å². The maximum atomic E-state index is 13.0. The SMILES string of the molecule is CC(C)(NC1CCC(n2nccc2-n2ccnc2)CC1)C(F)(F)F. The molecule has 0 spiro atoms. The van der Waals surface area contributed by atoms with Crippen LogP contribution in [0.1, 0.15) is 45.6 Å². The topological polar surface area (TPSA) is 47.7 Å². The van der Waals surface area contributed by atoms with Crippen molar-refractivity contribution in [3.8, 4) is 5.82 Å². The van der Waals surface area contributed by atoms with Crippen molar-refractivity contribution in [2.75, 3.05) is 0 Å². The van der Waals surface area contributed by atoms with Gasteiger partial charge in [-0.1, -0.05) is 0 Å². The van der Waals surface area contributed by atoms with Gasteiger partial charge in [0.05, 0.1) is 12.2 Å². The molecule has 5 nitrogen and oxygen atoms in total. The molecule has 1 aliphatic carbocycles. The molecule has 0 aromatic carbocycles. The van der Waals surface area contributed by atoms with Gasteiger partial charge in [-0.3, -0.25) is 4.57 Å². The Bertz CT molecular complexity index is 652. The normalized spacial score (nSPS) is 22.7. The van der Waals surface area contributed by atoms with Gasteiger partial charge in [-0.15, -0.1) is 0 Å². The van der Waals surface area contributed by atoms with Crippen molar-refractivity contribution >= 4 is 0 Å². The minimum atomic E-state index is -4.25. The van der Waals surface area contributed by atoms with E-state index in [2.05, 4.69) is 15.4 Å². The van der Waals surface area contributed by atoms with Crippen LogP contribution in [0.15, 0.2) is 31.0 Å². The van der Waals surface area contributed by atoms with Crippen LogP contribution in [0.3, 0.4) is 0 Å². The summed E-state index contributed by atoms with van der Waals surface area (Å²) in [5.74, 6) is 0.930. The molecule has 1 fully saturated rings. The molecule has 1 N–H and O–H groups in total. The third-order valence-electron chi connectivity index (χ3n) is 4.73. The number of hydrogen-bond acceptors (Lipinski definition) is 3. The number of nitrogens with zero attached hydrogens (tertiary/aromatic N) is 4. The van der Waals surface area contributed by atoms with Crippen LogP contribution >= 0.6 is 0 Å². The molecule has 132 valence electrons. The number of alkyl halides is 3. The predicted molar refractivity (Wildman–Crippen MR) is 83.9 cm³/mol. The van der Waals surface area contributed by atoms with Crippen LogP contribution in [-0.4, -0.2) is 37.1 Å². The molecule has 2 heterocycles. The second-order valence-corrected chi connectivity index (χ2v) is 6.88. The maximum absolute atomic E-state index is 13.0. The summed E-state index contributed by atoms with van der Waals surface area (Å²) in [5.41, 5.74) is -1.86. The molecule has 3 rings (SSSR count). The Labute approximate surface area is 138 Å². The van der Waals surface area contributed by atoms with E-state index in [9.17, 15) is 13.2 Å². The largest absolute Gasteiger partial charge is 0.406 e. The van der Waals surface area contributed by atoms with Crippen molar-refractivity contribution in [2.24, 2.45) is 0 Å². The highest BCUT2D eigenvalue weighted by Crippen LogP contribution is 2.34. The van der Waals surface area contributed by atoms with Gasteiger partial charge < -0.3 is 5.32 Å². The van der Waals surface area contributed by atoms with E-state index in [-0.39, 0.29) is 12.1 Å². The van der Waals surface area contributed by atoms with Gasteiger partial charge in [0.25, 0.3) is 0 Å². The lowest BCUT2D eigenvalue weighted by Crippen LogP contribution is -2.56. The van der Waals surface area contributed by atoms with Gasteiger partial charge in [0.2, 0.25) is 0 Å². The number of hydrogen-bond donors (Lipinski definition) is 1. The van der Waals surface area contributed by atoms with Crippen molar-refractivity contribution in [3.63, 3.8) is 0 Å². The van der Waals surface area contributed by atoms with Gasteiger partial charge in [-0.05, 0) is 39.5 Å². The fourth-order valence-corrected chi connectivity index (χ4v) is 3.24. The van der Waals surface area contributed by atoms with E-state index in [1.54, 1.807) is 18.7 Å². The van der Waals surface area contributed by atoms with Gasteiger partial charge in [0.15, 0.2) is 0 Å².